The minimum atomic E-state index is -4.18. The molecule has 1 atom stereocenters. The van der Waals surface area contributed by atoms with Crippen molar-refractivity contribution in [1.82, 2.24) is 15.2 Å². The summed E-state index contributed by atoms with van der Waals surface area (Å²) >= 11 is 1.59. The molecule has 2 N–H and O–H groups in total. The van der Waals surface area contributed by atoms with Gasteiger partial charge in [0.15, 0.2) is 0 Å². The number of anilines is 1. The number of aromatic nitrogens is 1. The van der Waals surface area contributed by atoms with Crippen molar-refractivity contribution in [3.05, 3.63) is 35.3 Å². The zero-order chi connectivity index (χ0) is 19.4. The van der Waals surface area contributed by atoms with Crippen LogP contribution in [0.25, 0.3) is 10.6 Å². The van der Waals surface area contributed by atoms with Gasteiger partial charge < -0.3 is 10.6 Å². The molecule has 27 heavy (non-hydrogen) atoms. The van der Waals surface area contributed by atoms with Crippen molar-refractivity contribution in [3.8, 4) is 10.6 Å². The monoisotopic (exact) mass is 398 g/mol. The molecule has 1 unspecified atom stereocenters. The molecule has 0 radical (unpaired) electrons. The highest BCUT2D eigenvalue weighted by Gasteiger charge is 2.34. The molecule has 2 amide bonds. The minimum absolute atomic E-state index is 0.0198. The van der Waals surface area contributed by atoms with E-state index < -0.39 is 12.7 Å². The van der Waals surface area contributed by atoms with Crippen molar-refractivity contribution < 1.29 is 18.0 Å². The van der Waals surface area contributed by atoms with Crippen LogP contribution in [-0.2, 0) is 0 Å². The smallest absolute Gasteiger partial charge is 0.338 e. The molecule has 2 aromatic heterocycles. The fourth-order valence-corrected chi connectivity index (χ4v) is 4.02. The molecule has 3 heterocycles. The zero-order valence-electron chi connectivity index (χ0n) is 14.8. The van der Waals surface area contributed by atoms with E-state index in [1.54, 1.807) is 29.7 Å². The van der Waals surface area contributed by atoms with Crippen LogP contribution in [0.4, 0.5) is 23.7 Å². The number of halogens is 3. The Morgan fingerprint density at radius 1 is 1.37 bits per heavy atom. The van der Waals surface area contributed by atoms with Crippen LogP contribution in [0, 0.1) is 12.8 Å². The third-order valence-electron chi connectivity index (χ3n) is 4.35. The van der Waals surface area contributed by atoms with Gasteiger partial charge in [0, 0.05) is 24.2 Å². The van der Waals surface area contributed by atoms with Crippen LogP contribution in [0.1, 0.15) is 11.3 Å². The second kappa shape index (κ2) is 8.26. The number of alkyl halides is 3. The van der Waals surface area contributed by atoms with Gasteiger partial charge in [-0.15, -0.1) is 11.3 Å². The molecule has 146 valence electrons. The van der Waals surface area contributed by atoms with E-state index in [4.69, 9.17) is 0 Å². The van der Waals surface area contributed by atoms with E-state index in [9.17, 15) is 18.0 Å². The quantitative estimate of drug-likeness (QED) is 0.797. The van der Waals surface area contributed by atoms with E-state index in [1.807, 2.05) is 19.1 Å². The second-order valence-corrected chi connectivity index (χ2v) is 7.94. The molecule has 1 saturated heterocycles. The lowest BCUT2D eigenvalue weighted by Gasteiger charge is -2.18. The summed E-state index contributed by atoms with van der Waals surface area (Å²) in [7, 11) is 0. The molecule has 1 aliphatic rings. The summed E-state index contributed by atoms with van der Waals surface area (Å²) in [6.45, 7) is 2.19. The molecule has 0 spiro atoms. The number of hydrogen-bond donors (Lipinski definition) is 2. The van der Waals surface area contributed by atoms with E-state index in [0.29, 0.717) is 37.4 Å². The van der Waals surface area contributed by atoms with Crippen molar-refractivity contribution >= 4 is 23.1 Å². The van der Waals surface area contributed by atoms with Crippen LogP contribution < -0.4 is 10.6 Å². The van der Waals surface area contributed by atoms with Crippen LogP contribution >= 0.6 is 11.3 Å². The number of likely N-dealkylation sites (tertiary alicyclic amines) is 1. The Hall–Kier alpha value is -2.13. The standard InChI is InChI=1S/C18H21F3N4OS/c1-12-4-5-15(27-12)16-14(3-2-7-22-16)24-17(26)23-9-13-6-8-25(10-13)11-18(19,20)21/h2-5,7,13H,6,8-11H2,1H3,(H2,23,24,26). The Balaban J connectivity index is 1.52. The van der Waals surface area contributed by atoms with Gasteiger partial charge in [0.2, 0.25) is 0 Å². The predicted molar refractivity (Wildman–Crippen MR) is 99.9 cm³/mol. The number of carbonyl (C=O) groups excluding carboxylic acids is 1. The van der Waals surface area contributed by atoms with Crippen molar-refractivity contribution in [1.29, 1.82) is 0 Å². The van der Waals surface area contributed by atoms with Gasteiger partial charge in [-0.3, -0.25) is 9.88 Å². The Morgan fingerprint density at radius 3 is 2.89 bits per heavy atom. The fraction of sp³-hybridized carbons (Fsp3) is 0.444. The first-order chi connectivity index (χ1) is 12.8. The lowest BCUT2D eigenvalue weighted by atomic mass is 10.1. The molecule has 3 rings (SSSR count). The summed E-state index contributed by atoms with van der Waals surface area (Å²) < 4.78 is 37.3. The molecule has 5 nitrogen and oxygen atoms in total. The van der Waals surface area contributed by atoms with Crippen LogP contribution in [0.3, 0.4) is 0 Å². The van der Waals surface area contributed by atoms with Crippen molar-refractivity contribution in [2.75, 3.05) is 31.5 Å². The largest absolute Gasteiger partial charge is 0.401 e. The van der Waals surface area contributed by atoms with Gasteiger partial charge in [-0.1, -0.05) is 0 Å². The molecule has 0 aliphatic carbocycles. The van der Waals surface area contributed by atoms with Crippen LogP contribution in [0.5, 0.6) is 0 Å². The Morgan fingerprint density at radius 2 is 2.19 bits per heavy atom. The lowest BCUT2D eigenvalue weighted by Crippen LogP contribution is -2.36. The first-order valence-electron chi connectivity index (χ1n) is 8.66. The average molecular weight is 398 g/mol. The highest BCUT2D eigenvalue weighted by molar-refractivity contribution is 7.15. The third kappa shape index (κ3) is 5.67. The predicted octanol–water partition coefficient (Wildman–Crippen LogP) is 4.12. The van der Waals surface area contributed by atoms with Crippen molar-refractivity contribution in [3.63, 3.8) is 0 Å². The number of thiophene rings is 1. The number of hydrogen-bond acceptors (Lipinski definition) is 4. The summed E-state index contributed by atoms with van der Waals surface area (Å²) in [5.41, 5.74) is 1.30. The maximum absolute atomic E-state index is 12.4. The SMILES string of the molecule is Cc1ccc(-c2ncccc2NC(=O)NCC2CCN(CC(F)(F)F)C2)s1. The van der Waals surface area contributed by atoms with E-state index in [0.717, 1.165) is 9.75 Å². The average Bonchev–Trinajstić information content (AvgIpc) is 3.21. The van der Waals surface area contributed by atoms with Crippen LogP contribution in [-0.4, -0.2) is 48.3 Å². The Labute approximate surface area is 159 Å². The van der Waals surface area contributed by atoms with Gasteiger partial charge in [-0.05, 0) is 50.1 Å². The Kier molecular flexibility index (Phi) is 6.01. The van der Waals surface area contributed by atoms with Gasteiger partial charge >= 0.3 is 12.2 Å². The topological polar surface area (TPSA) is 57.3 Å². The van der Waals surface area contributed by atoms with E-state index in [-0.39, 0.29) is 11.9 Å². The van der Waals surface area contributed by atoms with Crippen molar-refractivity contribution in [2.24, 2.45) is 5.92 Å². The molecule has 2 aromatic rings. The normalized spacial score (nSPS) is 17.9. The fourth-order valence-electron chi connectivity index (χ4n) is 3.14. The zero-order valence-corrected chi connectivity index (χ0v) is 15.7. The highest BCUT2D eigenvalue weighted by Crippen LogP contribution is 2.31. The summed E-state index contributed by atoms with van der Waals surface area (Å²) in [6.07, 6.45) is -1.87. The third-order valence-corrected chi connectivity index (χ3v) is 5.36. The lowest BCUT2D eigenvalue weighted by molar-refractivity contribution is -0.143. The van der Waals surface area contributed by atoms with Gasteiger partial charge in [-0.2, -0.15) is 13.2 Å². The molecule has 1 aliphatic heterocycles. The van der Waals surface area contributed by atoms with E-state index in [2.05, 4.69) is 15.6 Å². The number of aryl methyl sites for hydroxylation is 1. The van der Waals surface area contributed by atoms with E-state index in [1.165, 1.54) is 4.90 Å². The number of amides is 2. The van der Waals surface area contributed by atoms with Crippen LogP contribution in [0.15, 0.2) is 30.5 Å². The van der Waals surface area contributed by atoms with Gasteiger partial charge in [0.1, 0.15) is 5.69 Å². The summed E-state index contributed by atoms with van der Waals surface area (Å²) in [4.78, 5) is 20.1. The van der Waals surface area contributed by atoms with Gasteiger partial charge in [-0.25, -0.2) is 4.79 Å². The number of urea groups is 1. The first-order valence-corrected chi connectivity index (χ1v) is 9.47. The number of pyridine rings is 1. The summed E-state index contributed by atoms with van der Waals surface area (Å²) in [5, 5.41) is 5.55. The highest BCUT2D eigenvalue weighted by atomic mass is 32.1. The second-order valence-electron chi connectivity index (χ2n) is 6.65. The molecular formula is C18H21F3N4OS. The van der Waals surface area contributed by atoms with Crippen LogP contribution in [0.2, 0.25) is 0 Å². The first kappa shape index (κ1) is 19.6. The molecule has 0 aromatic carbocycles. The summed E-state index contributed by atoms with van der Waals surface area (Å²) in [5.74, 6) is 0.0198. The maximum Gasteiger partial charge on any atom is 0.401 e. The number of nitrogens with zero attached hydrogens (tertiary/aromatic N) is 2. The minimum Gasteiger partial charge on any atom is -0.338 e. The van der Waals surface area contributed by atoms with Gasteiger partial charge in [0.25, 0.3) is 0 Å². The molecule has 9 heteroatoms. The molecule has 0 saturated carbocycles. The van der Waals surface area contributed by atoms with Crippen molar-refractivity contribution in [2.45, 2.75) is 19.5 Å². The maximum atomic E-state index is 12.4. The molecule has 1 fully saturated rings. The molecule has 0 bridgehead atoms. The Bertz CT molecular complexity index is 793. The summed E-state index contributed by atoms with van der Waals surface area (Å²) in [6, 6.07) is 7.08. The number of carbonyl (C=O) groups is 1. The number of nitrogens with one attached hydrogen (secondary N) is 2. The van der Waals surface area contributed by atoms with Gasteiger partial charge in [0.05, 0.1) is 17.1 Å². The van der Waals surface area contributed by atoms with E-state index >= 15 is 0 Å². The number of rotatable bonds is 5. The molecular weight excluding hydrogens is 377 g/mol.